The summed E-state index contributed by atoms with van der Waals surface area (Å²) >= 11 is 0. The number of hydrogen-bond acceptors (Lipinski definition) is 2. The second kappa shape index (κ2) is 5.75. The van der Waals surface area contributed by atoms with Crippen molar-refractivity contribution in [2.24, 2.45) is 0 Å². The maximum atomic E-state index is 12.8. The summed E-state index contributed by atoms with van der Waals surface area (Å²) in [7, 11) is 0. The molecule has 22 heavy (non-hydrogen) atoms. The number of carbonyl (C=O) groups excluding carboxylic acids is 2. The highest BCUT2D eigenvalue weighted by Crippen LogP contribution is 2.35. The van der Waals surface area contributed by atoms with Gasteiger partial charge in [0.15, 0.2) is 0 Å². The van der Waals surface area contributed by atoms with E-state index in [1.807, 2.05) is 38.1 Å². The Labute approximate surface area is 131 Å². The second-order valence-corrected chi connectivity index (χ2v) is 6.79. The average molecular weight is 300 g/mol. The van der Waals surface area contributed by atoms with Crippen LogP contribution in [0, 0.1) is 6.92 Å². The highest BCUT2D eigenvalue weighted by atomic mass is 16.2. The van der Waals surface area contributed by atoms with Crippen molar-refractivity contribution in [3.05, 3.63) is 29.8 Å². The van der Waals surface area contributed by atoms with Crippen molar-refractivity contribution in [3.8, 4) is 0 Å². The van der Waals surface area contributed by atoms with Gasteiger partial charge in [0.2, 0.25) is 11.8 Å². The molecule has 2 amide bonds. The minimum absolute atomic E-state index is 0.00850. The molecule has 1 aromatic rings. The molecule has 0 bridgehead atoms. The number of amides is 2. The number of hydrogen-bond donors (Lipinski definition) is 1. The fourth-order valence-electron chi connectivity index (χ4n) is 3.60. The standard InChI is InChI=1S/C18H24N2O2/c1-13-7-9-15(10-8-13)20-16(21)11-12-18(20,2)17(22)19-14-5-3-4-6-14/h7-10,14H,3-6,11-12H2,1-2H3,(H,19,22)/t18-/m1/s1. The molecule has 2 fully saturated rings. The molecule has 1 aliphatic heterocycles. The molecule has 1 aromatic carbocycles. The number of carbonyl (C=O) groups is 2. The zero-order chi connectivity index (χ0) is 15.7. The van der Waals surface area contributed by atoms with Gasteiger partial charge < -0.3 is 5.32 Å². The van der Waals surface area contributed by atoms with E-state index in [2.05, 4.69) is 5.32 Å². The van der Waals surface area contributed by atoms with Gasteiger partial charge in [-0.3, -0.25) is 14.5 Å². The molecule has 1 atom stereocenters. The second-order valence-electron chi connectivity index (χ2n) is 6.79. The van der Waals surface area contributed by atoms with E-state index in [1.165, 1.54) is 12.8 Å². The highest BCUT2D eigenvalue weighted by Gasteiger charge is 2.48. The fraction of sp³-hybridized carbons (Fsp3) is 0.556. The van der Waals surface area contributed by atoms with Crippen LogP contribution in [0.25, 0.3) is 0 Å². The molecule has 1 aliphatic carbocycles. The van der Waals surface area contributed by atoms with Gasteiger partial charge in [-0.25, -0.2) is 0 Å². The molecular formula is C18H24N2O2. The highest BCUT2D eigenvalue weighted by molar-refractivity contribution is 6.06. The number of anilines is 1. The third-order valence-corrected chi connectivity index (χ3v) is 5.04. The van der Waals surface area contributed by atoms with E-state index < -0.39 is 5.54 Å². The molecule has 3 rings (SSSR count). The summed E-state index contributed by atoms with van der Waals surface area (Å²) in [5, 5.41) is 3.16. The molecule has 0 radical (unpaired) electrons. The maximum Gasteiger partial charge on any atom is 0.246 e. The summed E-state index contributed by atoms with van der Waals surface area (Å²) in [6.07, 6.45) is 5.49. The SMILES string of the molecule is Cc1ccc(N2C(=O)CC[C@]2(C)C(=O)NC2CCCC2)cc1. The molecule has 2 aliphatic rings. The number of nitrogens with zero attached hydrogens (tertiary/aromatic N) is 1. The Morgan fingerprint density at radius 1 is 1.23 bits per heavy atom. The van der Waals surface area contributed by atoms with Gasteiger partial charge in [-0.15, -0.1) is 0 Å². The first kappa shape index (κ1) is 15.1. The predicted octanol–water partition coefficient (Wildman–Crippen LogP) is 2.94. The zero-order valence-electron chi connectivity index (χ0n) is 13.4. The van der Waals surface area contributed by atoms with E-state index in [4.69, 9.17) is 0 Å². The van der Waals surface area contributed by atoms with E-state index in [-0.39, 0.29) is 17.9 Å². The molecule has 1 saturated heterocycles. The monoisotopic (exact) mass is 300 g/mol. The van der Waals surface area contributed by atoms with E-state index in [0.29, 0.717) is 12.8 Å². The molecule has 118 valence electrons. The van der Waals surface area contributed by atoms with Gasteiger partial charge in [0, 0.05) is 18.2 Å². The van der Waals surface area contributed by atoms with Crippen LogP contribution in [-0.2, 0) is 9.59 Å². The normalized spacial score (nSPS) is 25.7. The Hall–Kier alpha value is -1.84. The van der Waals surface area contributed by atoms with Gasteiger partial charge in [0.25, 0.3) is 0 Å². The number of benzene rings is 1. The lowest BCUT2D eigenvalue weighted by atomic mass is 9.96. The van der Waals surface area contributed by atoms with Crippen molar-refractivity contribution < 1.29 is 9.59 Å². The van der Waals surface area contributed by atoms with Crippen molar-refractivity contribution in [1.82, 2.24) is 5.32 Å². The molecule has 1 N–H and O–H groups in total. The van der Waals surface area contributed by atoms with Crippen LogP contribution < -0.4 is 10.2 Å². The number of nitrogens with one attached hydrogen (secondary N) is 1. The minimum Gasteiger partial charge on any atom is -0.351 e. The number of aryl methyl sites for hydroxylation is 1. The molecule has 0 aromatic heterocycles. The molecule has 1 saturated carbocycles. The Bertz CT molecular complexity index is 575. The van der Waals surface area contributed by atoms with Crippen molar-refractivity contribution >= 4 is 17.5 Å². The summed E-state index contributed by atoms with van der Waals surface area (Å²) < 4.78 is 0. The van der Waals surface area contributed by atoms with Crippen LogP contribution in [0.2, 0.25) is 0 Å². The largest absolute Gasteiger partial charge is 0.351 e. The maximum absolute atomic E-state index is 12.8. The first-order chi connectivity index (χ1) is 10.5. The van der Waals surface area contributed by atoms with Crippen LogP contribution in [-0.4, -0.2) is 23.4 Å². The summed E-state index contributed by atoms with van der Waals surface area (Å²) in [6.45, 7) is 3.91. The van der Waals surface area contributed by atoms with E-state index in [1.54, 1.807) is 4.90 Å². The summed E-state index contributed by atoms with van der Waals surface area (Å²) in [5.41, 5.74) is 1.19. The van der Waals surface area contributed by atoms with E-state index >= 15 is 0 Å². The topological polar surface area (TPSA) is 49.4 Å². The third-order valence-electron chi connectivity index (χ3n) is 5.04. The smallest absolute Gasteiger partial charge is 0.246 e. The van der Waals surface area contributed by atoms with Gasteiger partial charge in [-0.2, -0.15) is 0 Å². The van der Waals surface area contributed by atoms with Gasteiger partial charge in [-0.1, -0.05) is 30.5 Å². The van der Waals surface area contributed by atoms with Crippen molar-refractivity contribution in [2.75, 3.05) is 4.90 Å². The van der Waals surface area contributed by atoms with Gasteiger partial charge in [-0.05, 0) is 45.2 Å². The fourth-order valence-corrected chi connectivity index (χ4v) is 3.60. The summed E-state index contributed by atoms with van der Waals surface area (Å²) in [5.74, 6) is 0.0266. The van der Waals surface area contributed by atoms with Crippen LogP contribution in [0.1, 0.15) is 51.0 Å². The Morgan fingerprint density at radius 3 is 2.50 bits per heavy atom. The molecule has 4 heteroatoms. The van der Waals surface area contributed by atoms with Crippen LogP contribution in [0.4, 0.5) is 5.69 Å². The van der Waals surface area contributed by atoms with Crippen molar-refractivity contribution in [2.45, 2.75) is 64.0 Å². The van der Waals surface area contributed by atoms with Crippen molar-refractivity contribution in [1.29, 1.82) is 0 Å². The predicted molar refractivity (Wildman–Crippen MR) is 86.7 cm³/mol. The van der Waals surface area contributed by atoms with Gasteiger partial charge in [0.1, 0.15) is 5.54 Å². The van der Waals surface area contributed by atoms with Gasteiger partial charge in [0.05, 0.1) is 0 Å². The molecule has 0 spiro atoms. The van der Waals surface area contributed by atoms with E-state index in [9.17, 15) is 9.59 Å². The van der Waals surface area contributed by atoms with Gasteiger partial charge >= 0.3 is 0 Å². The minimum atomic E-state index is -0.769. The van der Waals surface area contributed by atoms with Crippen LogP contribution in [0.3, 0.4) is 0 Å². The zero-order valence-corrected chi connectivity index (χ0v) is 13.4. The first-order valence-electron chi connectivity index (χ1n) is 8.21. The summed E-state index contributed by atoms with van der Waals surface area (Å²) in [4.78, 5) is 26.9. The molecule has 4 nitrogen and oxygen atoms in total. The first-order valence-corrected chi connectivity index (χ1v) is 8.21. The molecule has 0 unspecified atom stereocenters. The molecule has 1 heterocycles. The van der Waals surface area contributed by atoms with Crippen LogP contribution in [0.15, 0.2) is 24.3 Å². The Kier molecular flexibility index (Phi) is 3.94. The molecular weight excluding hydrogens is 276 g/mol. The third kappa shape index (κ3) is 2.62. The summed E-state index contributed by atoms with van der Waals surface area (Å²) in [6, 6.07) is 8.10. The van der Waals surface area contributed by atoms with Crippen LogP contribution in [0.5, 0.6) is 0 Å². The lowest BCUT2D eigenvalue weighted by Crippen LogP contribution is -2.56. The average Bonchev–Trinajstić information content (AvgIpc) is 3.10. The van der Waals surface area contributed by atoms with Crippen molar-refractivity contribution in [3.63, 3.8) is 0 Å². The van der Waals surface area contributed by atoms with Crippen LogP contribution >= 0.6 is 0 Å². The Morgan fingerprint density at radius 2 is 1.86 bits per heavy atom. The quantitative estimate of drug-likeness (QED) is 0.933. The van der Waals surface area contributed by atoms with E-state index in [0.717, 1.165) is 24.1 Å². The lowest BCUT2D eigenvalue weighted by Gasteiger charge is -2.35. The Balaban J connectivity index is 1.84. The lowest BCUT2D eigenvalue weighted by molar-refractivity contribution is -0.127. The number of rotatable bonds is 3.